The van der Waals surface area contributed by atoms with Gasteiger partial charge in [0.05, 0.1) is 5.56 Å². The first-order chi connectivity index (χ1) is 15.6. The highest BCUT2D eigenvalue weighted by atomic mass is 35.5. The summed E-state index contributed by atoms with van der Waals surface area (Å²) >= 11 is 7.27. The molecule has 1 atom stereocenters. The van der Waals surface area contributed by atoms with E-state index in [1.165, 1.54) is 17.5 Å². The maximum atomic E-state index is 13.1. The molecule has 4 aromatic rings. The third-order valence-electron chi connectivity index (χ3n) is 4.55. The van der Waals surface area contributed by atoms with Crippen LogP contribution in [0.2, 0.25) is 5.02 Å². The zero-order valence-electron chi connectivity index (χ0n) is 16.7. The van der Waals surface area contributed by atoms with Gasteiger partial charge in [-0.05, 0) is 29.8 Å². The molecule has 9 heteroatoms. The van der Waals surface area contributed by atoms with Crippen LogP contribution in [-0.4, -0.2) is 33.0 Å². The van der Waals surface area contributed by atoms with E-state index in [1.807, 2.05) is 42.5 Å². The highest BCUT2D eigenvalue weighted by Gasteiger charge is 2.23. The van der Waals surface area contributed by atoms with Crippen LogP contribution >= 0.6 is 22.9 Å². The van der Waals surface area contributed by atoms with E-state index in [0.717, 1.165) is 11.1 Å². The summed E-state index contributed by atoms with van der Waals surface area (Å²) in [6.07, 6.45) is 3.35. The van der Waals surface area contributed by atoms with Gasteiger partial charge in [-0.25, -0.2) is 0 Å². The quantitative estimate of drug-likeness (QED) is 0.427. The third kappa shape index (κ3) is 5.54. The van der Waals surface area contributed by atoms with Crippen molar-refractivity contribution in [3.05, 3.63) is 95.3 Å². The first kappa shape index (κ1) is 21.6. The number of nitrogens with one attached hydrogen (secondary N) is 2. The minimum atomic E-state index is -0.816. The maximum Gasteiger partial charge on any atom is 0.253 e. The summed E-state index contributed by atoms with van der Waals surface area (Å²) in [4.78, 5) is 29.7. The standard InChI is InChI=1S/C23H18ClN5O2S/c24-18-10-4-8-16(13-18)22-28-29-23(32-22)27-21(31)19(12-15-6-2-1-3-7-15)26-20(30)17-9-5-11-25-14-17/h1-11,13-14,19H,12H2,(H,26,30)(H,27,29,31). The van der Waals surface area contributed by atoms with Gasteiger partial charge in [0, 0.05) is 29.4 Å². The predicted octanol–water partition coefficient (Wildman–Crippen LogP) is 4.23. The second kappa shape index (κ2) is 10.1. The molecule has 0 aliphatic carbocycles. The van der Waals surface area contributed by atoms with E-state index >= 15 is 0 Å². The van der Waals surface area contributed by atoms with Gasteiger partial charge >= 0.3 is 0 Å². The molecule has 0 spiro atoms. The molecule has 0 saturated heterocycles. The Morgan fingerprint density at radius 2 is 1.84 bits per heavy atom. The molecular formula is C23H18ClN5O2S. The summed E-state index contributed by atoms with van der Waals surface area (Å²) in [7, 11) is 0. The zero-order chi connectivity index (χ0) is 22.3. The number of carbonyl (C=O) groups excluding carboxylic acids is 2. The van der Waals surface area contributed by atoms with E-state index < -0.39 is 6.04 Å². The van der Waals surface area contributed by atoms with Crippen molar-refractivity contribution >= 4 is 39.9 Å². The first-order valence-electron chi connectivity index (χ1n) is 9.73. The number of pyridine rings is 1. The normalized spacial score (nSPS) is 11.5. The highest BCUT2D eigenvalue weighted by Crippen LogP contribution is 2.28. The average molecular weight is 464 g/mol. The first-order valence-corrected chi connectivity index (χ1v) is 10.9. The molecule has 160 valence electrons. The van der Waals surface area contributed by atoms with Crippen LogP contribution in [0.1, 0.15) is 15.9 Å². The van der Waals surface area contributed by atoms with Crippen molar-refractivity contribution in [2.75, 3.05) is 5.32 Å². The molecule has 32 heavy (non-hydrogen) atoms. The number of rotatable bonds is 7. The lowest BCUT2D eigenvalue weighted by Crippen LogP contribution is -2.45. The molecule has 4 rings (SSSR count). The summed E-state index contributed by atoms with van der Waals surface area (Å²) in [5, 5.41) is 15.3. The van der Waals surface area contributed by atoms with Crippen molar-refractivity contribution in [1.29, 1.82) is 0 Å². The Balaban J connectivity index is 1.51. The van der Waals surface area contributed by atoms with Crippen LogP contribution in [0.4, 0.5) is 5.13 Å². The van der Waals surface area contributed by atoms with Gasteiger partial charge in [-0.2, -0.15) is 0 Å². The van der Waals surface area contributed by atoms with Crippen LogP contribution < -0.4 is 10.6 Å². The van der Waals surface area contributed by atoms with Crippen molar-refractivity contribution < 1.29 is 9.59 Å². The average Bonchev–Trinajstić information content (AvgIpc) is 3.28. The largest absolute Gasteiger partial charge is 0.340 e. The SMILES string of the molecule is O=C(NC(Cc1ccccc1)C(=O)Nc1nnc(-c2cccc(Cl)c2)s1)c1cccnc1. The smallest absolute Gasteiger partial charge is 0.253 e. The van der Waals surface area contributed by atoms with E-state index in [0.29, 0.717) is 27.1 Å². The van der Waals surface area contributed by atoms with Crippen LogP contribution in [0.3, 0.4) is 0 Å². The van der Waals surface area contributed by atoms with Gasteiger partial charge in [0.2, 0.25) is 11.0 Å². The molecule has 7 nitrogen and oxygen atoms in total. The Kier molecular flexibility index (Phi) is 6.84. The van der Waals surface area contributed by atoms with Crippen LogP contribution in [-0.2, 0) is 11.2 Å². The second-order valence-electron chi connectivity index (χ2n) is 6.87. The fraction of sp³-hybridized carbons (Fsp3) is 0.0870. The molecule has 1 unspecified atom stereocenters. The zero-order valence-corrected chi connectivity index (χ0v) is 18.3. The highest BCUT2D eigenvalue weighted by molar-refractivity contribution is 7.18. The van der Waals surface area contributed by atoms with Gasteiger partial charge in [-0.3, -0.25) is 19.9 Å². The molecule has 0 bridgehead atoms. The Morgan fingerprint density at radius 1 is 1.00 bits per heavy atom. The number of benzene rings is 2. The predicted molar refractivity (Wildman–Crippen MR) is 125 cm³/mol. The topological polar surface area (TPSA) is 96.9 Å². The fourth-order valence-electron chi connectivity index (χ4n) is 3.00. The molecule has 0 fully saturated rings. The van der Waals surface area contributed by atoms with Crippen LogP contribution in [0, 0.1) is 0 Å². The summed E-state index contributed by atoms with van der Waals surface area (Å²) in [6, 6.07) is 19.2. The number of amides is 2. The molecule has 2 aromatic carbocycles. The van der Waals surface area contributed by atoms with Crippen molar-refractivity contribution in [2.24, 2.45) is 0 Å². The molecule has 0 radical (unpaired) electrons. The molecule has 0 aliphatic heterocycles. The lowest BCUT2D eigenvalue weighted by molar-refractivity contribution is -0.118. The van der Waals surface area contributed by atoms with Crippen LogP contribution in [0.5, 0.6) is 0 Å². The molecule has 2 heterocycles. The fourth-order valence-corrected chi connectivity index (χ4v) is 3.94. The maximum absolute atomic E-state index is 13.1. The number of aromatic nitrogens is 3. The van der Waals surface area contributed by atoms with Crippen LogP contribution in [0.15, 0.2) is 79.1 Å². The van der Waals surface area contributed by atoms with E-state index in [1.54, 1.807) is 30.5 Å². The van der Waals surface area contributed by atoms with Gasteiger partial charge in [0.1, 0.15) is 11.0 Å². The van der Waals surface area contributed by atoms with E-state index in [4.69, 9.17) is 11.6 Å². The number of hydrogen-bond acceptors (Lipinski definition) is 6. The monoisotopic (exact) mass is 463 g/mol. The van der Waals surface area contributed by atoms with Gasteiger partial charge in [0.25, 0.3) is 5.91 Å². The molecular weight excluding hydrogens is 446 g/mol. The minimum Gasteiger partial charge on any atom is -0.340 e. The number of hydrogen-bond donors (Lipinski definition) is 2. The Morgan fingerprint density at radius 3 is 2.59 bits per heavy atom. The van der Waals surface area contributed by atoms with Crippen molar-refractivity contribution in [3.63, 3.8) is 0 Å². The molecule has 0 aliphatic rings. The number of nitrogens with zero attached hydrogens (tertiary/aromatic N) is 3. The summed E-state index contributed by atoms with van der Waals surface area (Å²) in [5.41, 5.74) is 2.09. The van der Waals surface area contributed by atoms with Gasteiger partial charge < -0.3 is 5.32 Å². The van der Waals surface area contributed by atoms with E-state index in [2.05, 4.69) is 25.8 Å². The van der Waals surface area contributed by atoms with Crippen LogP contribution in [0.25, 0.3) is 10.6 Å². The third-order valence-corrected chi connectivity index (χ3v) is 5.68. The van der Waals surface area contributed by atoms with Gasteiger partial charge in [-0.1, -0.05) is 65.4 Å². The number of anilines is 1. The summed E-state index contributed by atoms with van der Waals surface area (Å²) in [5.74, 6) is -0.772. The molecule has 0 saturated carbocycles. The lowest BCUT2D eigenvalue weighted by atomic mass is 10.0. The van der Waals surface area contributed by atoms with Gasteiger partial charge in [0.15, 0.2) is 0 Å². The Bertz CT molecular complexity index is 1220. The molecule has 2 amide bonds. The Hall–Kier alpha value is -3.62. The Labute approximate surface area is 193 Å². The van der Waals surface area contributed by atoms with E-state index in [-0.39, 0.29) is 11.8 Å². The lowest BCUT2D eigenvalue weighted by Gasteiger charge is -2.18. The summed E-state index contributed by atoms with van der Waals surface area (Å²) in [6.45, 7) is 0. The number of halogens is 1. The van der Waals surface area contributed by atoms with Gasteiger partial charge in [-0.15, -0.1) is 10.2 Å². The van der Waals surface area contributed by atoms with Crippen molar-refractivity contribution in [2.45, 2.75) is 12.5 Å². The summed E-state index contributed by atoms with van der Waals surface area (Å²) < 4.78 is 0. The van der Waals surface area contributed by atoms with Crippen molar-refractivity contribution in [1.82, 2.24) is 20.5 Å². The minimum absolute atomic E-state index is 0.318. The molecule has 2 N–H and O–H groups in total. The number of carbonyl (C=O) groups is 2. The molecule has 2 aromatic heterocycles. The van der Waals surface area contributed by atoms with E-state index in [9.17, 15) is 9.59 Å². The second-order valence-corrected chi connectivity index (χ2v) is 8.28. The van der Waals surface area contributed by atoms with Crippen molar-refractivity contribution in [3.8, 4) is 10.6 Å².